The van der Waals surface area contributed by atoms with Gasteiger partial charge in [0.2, 0.25) is 5.91 Å². The average Bonchev–Trinajstić information content (AvgIpc) is 2.74. The lowest BCUT2D eigenvalue weighted by atomic mass is 10.1. The number of carbonyl (C=O) groups is 2. The zero-order valence-corrected chi connectivity index (χ0v) is 17.0. The minimum atomic E-state index is -0.542. The van der Waals surface area contributed by atoms with Gasteiger partial charge in [0.05, 0.1) is 11.3 Å². The molecule has 0 atom stereocenters. The van der Waals surface area contributed by atoms with Gasteiger partial charge in [-0.2, -0.15) is 0 Å². The standard InChI is InChI=1S/C22H18N4O4S/c27-20(13-15-5-2-1-3-6-15)23-17-7-4-8-18(14-17)24-22(31)25-21(28)16-9-11-19(12-10-16)26(29)30/h1-12,14H,13H2,(H,23,27)(H2,24,25,28,31). The van der Waals surface area contributed by atoms with Gasteiger partial charge in [-0.25, -0.2) is 0 Å². The lowest BCUT2D eigenvalue weighted by molar-refractivity contribution is -0.384. The Labute approximate surface area is 183 Å². The number of hydrogen-bond donors (Lipinski definition) is 3. The minimum absolute atomic E-state index is 0.0520. The van der Waals surface area contributed by atoms with Crippen molar-refractivity contribution in [2.45, 2.75) is 6.42 Å². The normalized spacial score (nSPS) is 10.1. The summed E-state index contributed by atoms with van der Waals surface area (Å²) in [4.78, 5) is 34.6. The second kappa shape index (κ2) is 10.1. The Bertz CT molecular complexity index is 1120. The number of thiocarbonyl (C=S) groups is 1. The van der Waals surface area contributed by atoms with Crippen LogP contribution in [0.3, 0.4) is 0 Å². The van der Waals surface area contributed by atoms with Crippen molar-refractivity contribution >= 4 is 46.2 Å². The van der Waals surface area contributed by atoms with Crippen LogP contribution >= 0.6 is 12.2 Å². The third-order valence-electron chi connectivity index (χ3n) is 4.18. The molecule has 3 aromatic rings. The number of anilines is 2. The fourth-order valence-corrected chi connectivity index (χ4v) is 2.94. The molecule has 0 saturated heterocycles. The van der Waals surface area contributed by atoms with Crippen molar-refractivity contribution in [2.75, 3.05) is 10.6 Å². The third-order valence-corrected chi connectivity index (χ3v) is 4.38. The number of benzene rings is 3. The molecule has 3 rings (SSSR count). The first-order valence-corrected chi connectivity index (χ1v) is 9.62. The first-order chi connectivity index (χ1) is 14.9. The Morgan fingerprint density at radius 1 is 0.871 bits per heavy atom. The van der Waals surface area contributed by atoms with E-state index in [9.17, 15) is 19.7 Å². The van der Waals surface area contributed by atoms with Gasteiger partial charge < -0.3 is 10.6 Å². The van der Waals surface area contributed by atoms with Crippen LogP contribution in [0.2, 0.25) is 0 Å². The molecular weight excluding hydrogens is 416 g/mol. The molecule has 3 N–H and O–H groups in total. The molecule has 8 nitrogen and oxygen atoms in total. The van der Waals surface area contributed by atoms with E-state index in [0.717, 1.165) is 5.56 Å². The summed E-state index contributed by atoms with van der Waals surface area (Å²) in [5.74, 6) is -0.655. The molecule has 0 radical (unpaired) electrons. The van der Waals surface area contributed by atoms with Gasteiger partial charge in [-0.1, -0.05) is 36.4 Å². The molecule has 0 bridgehead atoms. The predicted octanol–water partition coefficient (Wildman–Crippen LogP) is 3.90. The zero-order valence-electron chi connectivity index (χ0n) is 16.2. The molecule has 0 saturated carbocycles. The van der Waals surface area contributed by atoms with Gasteiger partial charge in [-0.05, 0) is 48.1 Å². The maximum absolute atomic E-state index is 12.2. The number of carbonyl (C=O) groups excluding carboxylic acids is 2. The second-order valence-corrected chi connectivity index (χ2v) is 6.91. The summed E-state index contributed by atoms with van der Waals surface area (Å²) < 4.78 is 0. The second-order valence-electron chi connectivity index (χ2n) is 6.50. The zero-order chi connectivity index (χ0) is 22.2. The van der Waals surface area contributed by atoms with Gasteiger partial charge in [0.25, 0.3) is 11.6 Å². The number of rotatable bonds is 6. The molecule has 0 spiro atoms. The summed E-state index contributed by atoms with van der Waals surface area (Å²) in [5, 5.41) is 19.0. The molecule has 0 unspecified atom stereocenters. The van der Waals surface area contributed by atoms with Crippen LogP contribution in [-0.2, 0) is 11.2 Å². The smallest absolute Gasteiger partial charge is 0.269 e. The molecular formula is C22H18N4O4S. The monoisotopic (exact) mass is 434 g/mol. The van der Waals surface area contributed by atoms with Crippen LogP contribution in [-0.4, -0.2) is 21.9 Å². The van der Waals surface area contributed by atoms with E-state index in [1.54, 1.807) is 24.3 Å². The molecule has 9 heteroatoms. The Balaban J connectivity index is 1.56. The molecule has 0 aliphatic rings. The van der Waals surface area contributed by atoms with Crippen molar-refractivity contribution in [1.29, 1.82) is 0 Å². The van der Waals surface area contributed by atoms with E-state index >= 15 is 0 Å². The number of nitro benzene ring substituents is 1. The SMILES string of the molecule is O=C(Cc1ccccc1)Nc1cccc(NC(=S)NC(=O)c2ccc([N+](=O)[O-])cc2)c1. The molecule has 31 heavy (non-hydrogen) atoms. The highest BCUT2D eigenvalue weighted by molar-refractivity contribution is 7.80. The topological polar surface area (TPSA) is 113 Å². The van der Waals surface area contributed by atoms with Crippen molar-refractivity contribution in [3.05, 3.63) is 100 Å². The third kappa shape index (κ3) is 6.44. The van der Waals surface area contributed by atoms with E-state index in [4.69, 9.17) is 12.2 Å². The van der Waals surface area contributed by atoms with Gasteiger partial charge in [0, 0.05) is 29.1 Å². The largest absolute Gasteiger partial charge is 0.332 e. The molecule has 0 fully saturated rings. The van der Waals surface area contributed by atoms with E-state index in [1.807, 2.05) is 30.3 Å². The number of hydrogen-bond acceptors (Lipinski definition) is 5. The van der Waals surface area contributed by atoms with Gasteiger partial charge in [0.1, 0.15) is 0 Å². The van der Waals surface area contributed by atoms with E-state index in [1.165, 1.54) is 24.3 Å². The molecule has 0 aromatic heterocycles. The molecule has 0 aliphatic heterocycles. The highest BCUT2D eigenvalue weighted by Gasteiger charge is 2.11. The molecule has 156 valence electrons. The van der Waals surface area contributed by atoms with Gasteiger partial charge in [-0.15, -0.1) is 0 Å². The summed E-state index contributed by atoms with van der Waals surface area (Å²) in [7, 11) is 0. The van der Waals surface area contributed by atoms with E-state index in [0.29, 0.717) is 11.4 Å². The summed E-state index contributed by atoms with van der Waals surface area (Å²) in [6.07, 6.45) is 0.252. The van der Waals surface area contributed by atoms with Crippen LogP contribution in [0.25, 0.3) is 0 Å². The van der Waals surface area contributed by atoms with Crippen LogP contribution in [0.1, 0.15) is 15.9 Å². The van der Waals surface area contributed by atoms with Crippen molar-refractivity contribution in [1.82, 2.24) is 5.32 Å². The maximum Gasteiger partial charge on any atom is 0.269 e. The highest BCUT2D eigenvalue weighted by Crippen LogP contribution is 2.16. The lowest BCUT2D eigenvalue weighted by Crippen LogP contribution is -2.34. The maximum atomic E-state index is 12.2. The Morgan fingerprint density at radius 3 is 2.16 bits per heavy atom. The summed E-state index contributed by atoms with van der Waals surface area (Å²) in [6, 6.07) is 21.5. The number of non-ortho nitro benzene ring substituents is 1. The van der Waals surface area contributed by atoms with Crippen molar-refractivity contribution in [3.63, 3.8) is 0 Å². The summed E-state index contributed by atoms with van der Waals surface area (Å²) in [5.41, 5.74) is 2.19. The number of nitrogens with one attached hydrogen (secondary N) is 3. The van der Waals surface area contributed by atoms with Crippen LogP contribution in [0, 0.1) is 10.1 Å². The molecule has 2 amide bonds. The number of nitrogens with zero attached hydrogens (tertiary/aromatic N) is 1. The Morgan fingerprint density at radius 2 is 1.52 bits per heavy atom. The molecule has 0 heterocycles. The number of nitro groups is 1. The Kier molecular flexibility index (Phi) is 7.02. The predicted molar refractivity (Wildman–Crippen MR) is 122 cm³/mol. The van der Waals surface area contributed by atoms with Crippen LogP contribution in [0.5, 0.6) is 0 Å². The fraction of sp³-hybridized carbons (Fsp3) is 0.0455. The summed E-state index contributed by atoms with van der Waals surface area (Å²) in [6.45, 7) is 0. The van der Waals surface area contributed by atoms with Crippen molar-refractivity contribution in [2.24, 2.45) is 0 Å². The fourth-order valence-electron chi connectivity index (χ4n) is 2.73. The van der Waals surface area contributed by atoms with Gasteiger partial charge in [-0.3, -0.25) is 25.0 Å². The lowest BCUT2D eigenvalue weighted by Gasteiger charge is -2.11. The van der Waals surface area contributed by atoms with Crippen LogP contribution in [0.15, 0.2) is 78.9 Å². The molecule has 3 aromatic carbocycles. The van der Waals surface area contributed by atoms with Crippen molar-refractivity contribution < 1.29 is 14.5 Å². The quantitative estimate of drug-likeness (QED) is 0.308. The van der Waals surface area contributed by atoms with E-state index < -0.39 is 10.8 Å². The summed E-state index contributed by atoms with van der Waals surface area (Å²) >= 11 is 5.16. The first kappa shape index (κ1) is 21.6. The number of amides is 2. The molecule has 0 aliphatic carbocycles. The Hall–Kier alpha value is -4.11. The van der Waals surface area contributed by atoms with E-state index in [-0.39, 0.29) is 28.7 Å². The first-order valence-electron chi connectivity index (χ1n) is 9.21. The van der Waals surface area contributed by atoms with Crippen LogP contribution in [0.4, 0.5) is 17.1 Å². The van der Waals surface area contributed by atoms with Gasteiger partial charge >= 0.3 is 0 Å². The van der Waals surface area contributed by atoms with Crippen molar-refractivity contribution in [3.8, 4) is 0 Å². The van der Waals surface area contributed by atoms with E-state index in [2.05, 4.69) is 16.0 Å². The average molecular weight is 434 g/mol. The minimum Gasteiger partial charge on any atom is -0.332 e. The highest BCUT2D eigenvalue weighted by atomic mass is 32.1. The van der Waals surface area contributed by atoms with Gasteiger partial charge in [0.15, 0.2) is 5.11 Å². The van der Waals surface area contributed by atoms with Crippen LogP contribution < -0.4 is 16.0 Å².